The summed E-state index contributed by atoms with van der Waals surface area (Å²) < 4.78 is 84.9. The van der Waals surface area contributed by atoms with Crippen molar-refractivity contribution < 1.29 is 50.5 Å². The molecule has 0 saturated carbocycles. The first-order chi connectivity index (χ1) is 55.8. The van der Waals surface area contributed by atoms with Gasteiger partial charge in [0.1, 0.15) is 68.5 Å². The molecule has 4 aliphatic heterocycles. The number of aromatic nitrogens is 13. The highest BCUT2D eigenvalue weighted by Crippen LogP contribution is 2.34. The first-order valence-electron chi connectivity index (χ1n) is 38.2. The first-order valence-corrected chi connectivity index (χ1v) is 39.3. The van der Waals surface area contributed by atoms with Gasteiger partial charge < -0.3 is 65.1 Å². The van der Waals surface area contributed by atoms with Crippen LogP contribution in [0.1, 0.15) is 124 Å². The molecule has 117 heavy (non-hydrogen) atoms. The van der Waals surface area contributed by atoms with Gasteiger partial charge in [-0.25, -0.2) is 76.2 Å². The SMILES string of the molecule is CC(C)(C)OC(=O)N1CCc2c(Cl)nc(Cl)nc2C1.CC(C)(C)OC(=O)N1CCc2c(nc(-c3cncc(F)c3)nc2NCCc2c[nH]c3ccc(F)cc23)C1.CC(C)(C)OC(=O)N1CCc2c(nc(Cl)nc2NCCc2c[nH]c3ccc(F)cc23)C1.Fc1cncc(-c2nc3c(c(NCCc4c[nH]c5ccc(F)cc45)n2)CCNC3)c1. The summed E-state index contributed by atoms with van der Waals surface area (Å²) in [5, 5.41) is 16.6. The third kappa shape index (κ3) is 21.6. The number of carbonyl (C=O) groups is 3. The van der Waals surface area contributed by atoms with Gasteiger partial charge in [0.15, 0.2) is 11.6 Å². The molecule has 4 aliphatic rings. The number of anilines is 3. The molecule has 12 aromatic rings. The van der Waals surface area contributed by atoms with Crippen molar-refractivity contribution in [3.63, 3.8) is 0 Å². The second kappa shape index (κ2) is 36.0. The lowest BCUT2D eigenvalue weighted by Gasteiger charge is -2.31. The monoisotopic (exact) mass is 1660 g/mol. The number of benzene rings is 3. The van der Waals surface area contributed by atoms with E-state index in [0.29, 0.717) is 154 Å². The van der Waals surface area contributed by atoms with E-state index in [2.05, 4.69) is 81.1 Å². The van der Waals surface area contributed by atoms with Gasteiger partial charge in [0.25, 0.3) is 0 Å². The van der Waals surface area contributed by atoms with Crippen molar-refractivity contribution in [3.8, 4) is 22.8 Å². The number of H-pyrrole nitrogens is 3. The summed E-state index contributed by atoms with van der Waals surface area (Å²) in [6, 6.07) is 16.8. The summed E-state index contributed by atoms with van der Waals surface area (Å²) in [5.41, 5.74) is 11.8. The molecule has 0 radical (unpaired) electrons. The Morgan fingerprint density at radius 1 is 0.427 bits per heavy atom. The predicted octanol–water partition coefficient (Wildman–Crippen LogP) is 16.6. The molecule has 0 spiro atoms. The van der Waals surface area contributed by atoms with Gasteiger partial charge in [0.05, 0.1) is 54.8 Å². The summed E-state index contributed by atoms with van der Waals surface area (Å²) in [7, 11) is 0. The van der Waals surface area contributed by atoms with Gasteiger partial charge in [-0.2, -0.15) is 0 Å². The summed E-state index contributed by atoms with van der Waals surface area (Å²) in [5.74, 6) is 1.11. The van der Waals surface area contributed by atoms with Crippen LogP contribution in [0.15, 0.2) is 110 Å². The lowest BCUT2D eigenvalue weighted by atomic mass is 10.0. The third-order valence-corrected chi connectivity index (χ3v) is 19.8. The number of hydrogen-bond acceptors (Lipinski definition) is 20. The largest absolute Gasteiger partial charge is 0.444 e. The number of nitrogens with one attached hydrogen (secondary N) is 7. The highest BCUT2D eigenvalue weighted by molar-refractivity contribution is 6.32. The van der Waals surface area contributed by atoms with Crippen molar-refractivity contribution in [2.75, 3.05) is 61.8 Å². The molecule has 0 aliphatic carbocycles. The second-order valence-corrected chi connectivity index (χ2v) is 32.4. The molecule has 13 heterocycles. The molecular weight excluding hydrogens is 1570 g/mol. The molecule has 0 fully saturated rings. The molecule has 0 atom stereocenters. The second-order valence-electron chi connectivity index (χ2n) is 31.3. The number of hydrogen-bond donors (Lipinski definition) is 7. The first kappa shape index (κ1) is 83.5. The van der Waals surface area contributed by atoms with E-state index >= 15 is 0 Å². The van der Waals surface area contributed by atoms with Crippen LogP contribution in [0.4, 0.5) is 53.8 Å². The van der Waals surface area contributed by atoms with E-state index < -0.39 is 34.5 Å². The minimum Gasteiger partial charge on any atom is -0.444 e. The van der Waals surface area contributed by atoms with E-state index in [-0.39, 0.29) is 46.8 Å². The van der Waals surface area contributed by atoms with Crippen molar-refractivity contribution in [2.45, 2.75) is 150 Å². The van der Waals surface area contributed by atoms with Crippen LogP contribution in [0.25, 0.3) is 55.5 Å². The lowest BCUT2D eigenvalue weighted by Crippen LogP contribution is -2.40. The van der Waals surface area contributed by atoms with E-state index in [4.69, 9.17) is 54.0 Å². The standard InChI is InChI=1S/C27H28F2N6O2.C22H25ClFN5O2.C22H20F2N6.C12H15Cl2N3O2/c1-27(2,3)37-26(36)35-9-7-20-23(15-35)33-24(17-10-19(29)14-30-12-17)34-25(20)31-8-6-16-13-32-22-5-4-18(28)11-21(16)22;1-22(2,3)31-21(30)29-9-7-15-18(12-29)27-20(23)28-19(15)25-8-6-13-11-26-17-5-4-14(24)10-16(13)17;23-15-1-2-19-18(8-15)13(10-28-19)3-6-27-22-17-4-5-25-12-20(17)29-21(30-22)14-7-16(24)11-26-9-14;1-12(2,3)19-11(18)17-5-4-7-8(6-17)15-10(14)16-9(7)13/h4-5,10-14,32H,6-9,15H2,1-3H3,(H,31,33,34);4-5,10-11,26H,6-9,12H2,1-3H3,(H,25,27,28);1-2,7-11,25,28H,3-6,12H2,(H,27,29,30);4-6H2,1-3H3. The van der Waals surface area contributed by atoms with Gasteiger partial charge in [-0.05, 0) is 220 Å². The van der Waals surface area contributed by atoms with Crippen LogP contribution < -0.4 is 21.3 Å². The van der Waals surface area contributed by atoms with E-state index in [9.17, 15) is 36.3 Å². The van der Waals surface area contributed by atoms with Crippen molar-refractivity contribution in [2.24, 2.45) is 0 Å². The average molecular weight is 1660 g/mol. The Hall–Kier alpha value is -11.4. The molecule has 3 amide bonds. The number of halogens is 8. The highest BCUT2D eigenvalue weighted by atomic mass is 35.5. The molecule has 0 bridgehead atoms. The van der Waals surface area contributed by atoms with E-state index in [1.165, 1.54) is 48.7 Å². The molecule has 16 rings (SSSR count). The number of aromatic amines is 3. The zero-order valence-corrected chi connectivity index (χ0v) is 68.2. The Morgan fingerprint density at radius 3 is 1.19 bits per heavy atom. The topological polar surface area (TPSA) is 313 Å². The molecule has 612 valence electrons. The van der Waals surface area contributed by atoms with Gasteiger partial charge in [0, 0.05) is 143 Å². The Kier molecular flexibility index (Phi) is 25.7. The third-order valence-electron chi connectivity index (χ3n) is 19.2. The van der Waals surface area contributed by atoms with E-state index in [0.717, 1.165) is 109 Å². The summed E-state index contributed by atoms with van der Waals surface area (Å²) >= 11 is 17.9. The van der Waals surface area contributed by atoms with E-state index in [1.54, 1.807) is 45.2 Å². The lowest BCUT2D eigenvalue weighted by molar-refractivity contribution is 0.0211. The van der Waals surface area contributed by atoms with Crippen LogP contribution in [-0.4, -0.2) is 160 Å². The molecule has 9 aromatic heterocycles. The van der Waals surface area contributed by atoms with Crippen LogP contribution >= 0.6 is 34.8 Å². The molecular formula is C83H88Cl3F5N20O6. The molecule has 0 unspecified atom stereocenters. The smallest absolute Gasteiger partial charge is 0.410 e. The van der Waals surface area contributed by atoms with Crippen LogP contribution in [0.3, 0.4) is 0 Å². The van der Waals surface area contributed by atoms with Crippen LogP contribution in [0.5, 0.6) is 0 Å². The Labute approximate surface area is 686 Å². The number of ether oxygens (including phenoxy) is 3. The number of nitrogens with zero attached hydrogens (tertiary/aromatic N) is 13. The highest BCUT2D eigenvalue weighted by Gasteiger charge is 2.33. The zero-order valence-electron chi connectivity index (χ0n) is 65.9. The fraction of sp³-hybridized carbons (Fsp3) is 0.361. The Bertz CT molecular complexity index is 5660. The molecule has 0 saturated heterocycles. The maximum atomic E-state index is 13.9. The fourth-order valence-corrected chi connectivity index (χ4v) is 14.5. The van der Waals surface area contributed by atoms with Crippen molar-refractivity contribution >= 4 is 103 Å². The van der Waals surface area contributed by atoms with Crippen molar-refractivity contribution in [1.82, 2.24) is 84.8 Å². The molecule has 3 aromatic carbocycles. The number of carbonyl (C=O) groups excluding carboxylic acids is 3. The van der Waals surface area contributed by atoms with Gasteiger partial charge in [-0.3, -0.25) is 9.97 Å². The van der Waals surface area contributed by atoms with Gasteiger partial charge in [0.2, 0.25) is 10.6 Å². The predicted molar refractivity (Wildman–Crippen MR) is 437 cm³/mol. The van der Waals surface area contributed by atoms with Gasteiger partial charge in [-0.1, -0.05) is 11.6 Å². The Morgan fingerprint density at radius 2 is 0.786 bits per heavy atom. The number of pyridine rings is 2. The van der Waals surface area contributed by atoms with Crippen LogP contribution in [0, 0.1) is 29.1 Å². The van der Waals surface area contributed by atoms with E-state index in [1.807, 2.05) is 80.9 Å². The maximum Gasteiger partial charge on any atom is 0.410 e. The minimum atomic E-state index is -0.612. The molecule has 26 nitrogen and oxygen atoms in total. The normalized spacial score (nSPS) is 13.8. The van der Waals surface area contributed by atoms with Crippen molar-refractivity contribution in [1.29, 1.82) is 0 Å². The van der Waals surface area contributed by atoms with Crippen molar-refractivity contribution in [3.05, 3.63) is 217 Å². The number of amides is 3. The van der Waals surface area contributed by atoms with Crippen LogP contribution in [0.2, 0.25) is 15.7 Å². The summed E-state index contributed by atoms with van der Waals surface area (Å²) in [6.45, 7) is 22.2. The summed E-state index contributed by atoms with van der Waals surface area (Å²) in [6.07, 6.45) is 14.5. The fourth-order valence-electron chi connectivity index (χ4n) is 13.8. The average Bonchev–Trinajstić information content (AvgIpc) is 1.76. The quantitative estimate of drug-likeness (QED) is 0.0230. The Balaban J connectivity index is 0.000000138. The van der Waals surface area contributed by atoms with Gasteiger partial charge in [-0.15, -0.1) is 0 Å². The summed E-state index contributed by atoms with van der Waals surface area (Å²) in [4.78, 5) is 94.6. The molecule has 34 heteroatoms. The van der Waals surface area contributed by atoms with Gasteiger partial charge >= 0.3 is 18.3 Å². The minimum absolute atomic E-state index is 0.0924. The number of fused-ring (bicyclic) bond motifs is 7. The molecule has 7 N–H and O–H groups in total. The maximum absolute atomic E-state index is 13.9. The number of rotatable bonds is 14. The van der Waals surface area contributed by atoms with Crippen LogP contribution in [-0.2, 0) is 85.3 Å². The zero-order chi connectivity index (χ0) is 83.0.